The highest BCUT2D eigenvalue weighted by Crippen LogP contribution is 2.31. The molecule has 0 saturated carbocycles. The number of rotatable bonds is 4. The van der Waals surface area contributed by atoms with E-state index in [-0.39, 0.29) is 11.7 Å². The zero-order valence-corrected chi connectivity index (χ0v) is 14.2. The summed E-state index contributed by atoms with van der Waals surface area (Å²) in [4.78, 5) is 29.2. The first kappa shape index (κ1) is 16.5. The summed E-state index contributed by atoms with van der Waals surface area (Å²) < 4.78 is 5.73. The van der Waals surface area contributed by atoms with Gasteiger partial charge in [-0.25, -0.2) is 0 Å². The molecule has 2 amide bonds. The summed E-state index contributed by atoms with van der Waals surface area (Å²) in [5.74, 6) is -0.748. The Labute approximate surface area is 154 Å². The van der Waals surface area contributed by atoms with Crippen LogP contribution in [0.1, 0.15) is 20.9 Å². The lowest BCUT2D eigenvalue weighted by Gasteiger charge is -2.07. The van der Waals surface area contributed by atoms with Gasteiger partial charge in [-0.3, -0.25) is 14.6 Å². The Kier molecular flexibility index (Phi) is 4.37. The lowest BCUT2D eigenvalue weighted by molar-refractivity contribution is 0.0999. The van der Waals surface area contributed by atoms with E-state index in [0.717, 1.165) is 0 Å². The summed E-state index contributed by atoms with van der Waals surface area (Å²) in [5, 5.41) is 6.22. The van der Waals surface area contributed by atoms with E-state index in [4.69, 9.17) is 4.42 Å². The van der Waals surface area contributed by atoms with Crippen molar-refractivity contribution >= 4 is 34.2 Å². The van der Waals surface area contributed by atoms with Gasteiger partial charge < -0.3 is 15.1 Å². The smallest absolute Gasteiger partial charge is 0.293 e. The first-order valence-electron chi connectivity index (χ1n) is 8.31. The molecule has 6 nitrogen and oxygen atoms in total. The third-order valence-electron chi connectivity index (χ3n) is 4.01. The summed E-state index contributed by atoms with van der Waals surface area (Å²) in [6.07, 6.45) is 3.07. The van der Waals surface area contributed by atoms with E-state index < -0.39 is 5.91 Å². The number of carbonyl (C=O) groups excluding carboxylic acids is 2. The van der Waals surface area contributed by atoms with E-state index in [2.05, 4.69) is 15.6 Å². The second-order valence-electron chi connectivity index (χ2n) is 5.81. The molecule has 0 radical (unpaired) electrons. The lowest BCUT2D eigenvalue weighted by atomic mass is 10.2. The number of furan rings is 1. The van der Waals surface area contributed by atoms with Crippen LogP contribution in [-0.2, 0) is 0 Å². The largest absolute Gasteiger partial charge is 0.449 e. The Morgan fingerprint density at radius 1 is 0.778 bits per heavy atom. The highest BCUT2D eigenvalue weighted by Gasteiger charge is 2.22. The number of anilines is 2. The zero-order valence-electron chi connectivity index (χ0n) is 14.2. The second kappa shape index (κ2) is 7.13. The molecular weight excluding hydrogens is 342 g/mol. The number of pyridine rings is 1. The van der Waals surface area contributed by atoms with Crippen LogP contribution in [0.2, 0.25) is 0 Å². The minimum atomic E-state index is -0.442. The van der Waals surface area contributed by atoms with Crippen molar-refractivity contribution in [3.05, 3.63) is 90.4 Å². The van der Waals surface area contributed by atoms with Crippen molar-refractivity contribution in [2.75, 3.05) is 10.6 Å². The molecule has 4 aromatic rings. The number of aromatic nitrogens is 1. The number of amides is 2. The highest BCUT2D eigenvalue weighted by molar-refractivity contribution is 6.16. The van der Waals surface area contributed by atoms with E-state index in [1.54, 1.807) is 42.5 Å². The fourth-order valence-corrected chi connectivity index (χ4v) is 2.73. The molecule has 2 aromatic carbocycles. The molecule has 0 bridgehead atoms. The minimum absolute atomic E-state index is 0.0439. The third kappa shape index (κ3) is 3.41. The molecular formula is C21H15N3O3. The predicted molar refractivity (Wildman–Crippen MR) is 103 cm³/mol. The van der Waals surface area contributed by atoms with Crippen LogP contribution < -0.4 is 10.6 Å². The first-order chi connectivity index (χ1) is 13.2. The van der Waals surface area contributed by atoms with E-state index in [1.807, 2.05) is 24.3 Å². The van der Waals surface area contributed by atoms with E-state index in [0.29, 0.717) is 27.9 Å². The predicted octanol–water partition coefficient (Wildman–Crippen LogP) is 4.33. The van der Waals surface area contributed by atoms with Gasteiger partial charge in [0.25, 0.3) is 11.8 Å². The maximum Gasteiger partial charge on any atom is 0.293 e. The van der Waals surface area contributed by atoms with Gasteiger partial charge in [-0.2, -0.15) is 0 Å². The van der Waals surface area contributed by atoms with Gasteiger partial charge in [-0.15, -0.1) is 0 Å². The van der Waals surface area contributed by atoms with Crippen LogP contribution >= 0.6 is 0 Å². The SMILES string of the molecule is O=C(Nc1c(C(=O)Nc2ccccc2)oc2ccccc12)c1ccncc1. The molecule has 0 fully saturated rings. The number of carbonyl (C=O) groups is 2. The summed E-state index contributed by atoms with van der Waals surface area (Å²) in [5.41, 5.74) is 1.92. The molecule has 0 aliphatic heterocycles. The molecule has 0 unspecified atom stereocenters. The molecule has 0 spiro atoms. The van der Waals surface area contributed by atoms with Crippen LogP contribution in [-0.4, -0.2) is 16.8 Å². The number of hydrogen-bond acceptors (Lipinski definition) is 4. The maximum atomic E-state index is 12.8. The molecule has 27 heavy (non-hydrogen) atoms. The molecule has 2 N–H and O–H groups in total. The fourth-order valence-electron chi connectivity index (χ4n) is 2.73. The van der Waals surface area contributed by atoms with Crippen LogP contribution in [0.5, 0.6) is 0 Å². The average molecular weight is 357 g/mol. The van der Waals surface area contributed by atoms with Crippen LogP contribution in [0.25, 0.3) is 11.0 Å². The van der Waals surface area contributed by atoms with Gasteiger partial charge in [-0.05, 0) is 36.4 Å². The van der Waals surface area contributed by atoms with Crippen LogP contribution in [0.3, 0.4) is 0 Å². The number of nitrogens with zero attached hydrogens (tertiary/aromatic N) is 1. The van der Waals surface area contributed by atoms with E-state index in [1.165, 1.54) is 12.4 Å². The van der Waals surface area contributed by atoms with Gasteiger partial charge in [0.1, 0.15) is 11.3 Å². The van der Waals surface area contributed by atoms with Crippen molar-refractivity contribution < 1.29 is 14.0 Å². The zero-order chi connectivity index (χ0) is 18.6. The molecule has 6 heteroatoms. The third-order valence-corrected chi connectivity index (χ3v) is 4.01. The highest BCUT2D eigenvalue weighted by atomic mass is 16.3. The standard InChI is InChI=1S/C21H15N3O3/c25-20(14-10-12-22-13-11-14)24-18-16-8-4-5-9-17(16)27-19(18)21(26)23-15-6-2-1-3-7-15/h1-13H,(H,23,26)(H,24,25). The van der Waals surface area contributed by atoms with Crippen molar-refractivity contribution in [1.82, 2.24) is 4.98 Å². The molecule has 0 saturated heterocycles. The normalized spacial score (nSPS) is 10.5. The Morgan fingerprint density at radius 3 is 2.26 bits per heavy atom. The van der Waals surface area contributed by atoms with Gasteiger partial charge in [0, 0.05) is 29.0 Å². The van der Waals surface area contributed by atoms with Gasteiger partial charge >= 0.3 is 0 Å². The van der Waals surface area contributed by atoms with Gasteiger partial charge in [0.15, 0.2) is 0 Å². The molecule has 132 valence electrons. The van der Waals surface area contributed by atoms with Crippen LogP contribution in [0, 0.1) is 0 Å². The Balaban J connectivity index is 1.71. The monoisotopic (exact) mass is 357 g/mol. The molecule has 2 heterocycles. The summed E-state index contributed by atoms with van der Waals surface area (Å²) >= 11 is 0. The summed E-state index contributed by atoms with van der Waals surface area (Å²) in [7, 11) is 0. The summed E-state index contributed by atoms with van der Waals surface area (Å²) in [6, 6.07) is 19.4. The van der Waals surface area contributed by atoms with Crippen molar-refractivity contribution in [2.45, 2.75) is 0 Å². The van der Waals surface area contributed by atoms with Crippen LogP contribution in [0.15, 0.2) is 83.5 Å². The molecule has 0 aliphatic carbocycles. The molecule has 0 atom stereocenters. The van der Waals surface area contributed by atoms with E-state index >= 15 is 0 Å². The minimum Gasteiger partial charge on any atom is -0.449 e. The Bertz CT molecular complexity index is 1110. The lowest BCUT2D eigenvalue weighted by Crippen LogP contribution is -2.17. The number of nitrogens with one attached hydrogen (secondary N) is 2. The van der Waals surface area contributed by atoms with Crippen molar-refractivity contribution in [1.29, 1.82) is 0 Å². The Morgan fingerprint density at radius 2 is 1.48 bits per heavy atom. The Hall–Kier alpha value is -3.93. The number of fused-ring (bicyclic) bond motifs is 1. The van der Waals surface area contributed by atoms with Gasteiger partial charge in [0.05, 0.1) is 0 Å². The topological polar surface area (TPSA) is 84.2 Å². The van der Waals surface area contributed by atoms with Crippen molar-refractivity contribution in [3.63, 3.8) is 0 Å². The van der Waals surface area contributed by atoms with E-state index in [9.17, 15) is 9.59 Å². The van der Waals surface area contributed by atoms with Crippen LogP contribution in [0.4, 0.5) is 11.4 Å². The quantitative estimate of drug-likeness (QED) is 0.569. The van der Waals surface area contributed by atoms with Crippen molar-refractivity contribution in [3.8, 4) is 0 Å². The number of hydrogen-bond donors (Lipinski definition) is 2. The second-order valence-corrected chi connectivity index (χ2v) is 5.81. The van der Waals surface area contributed by atoms with Crippen molar-refractivity contribution in [2.24, 2.45) is 0 Å². The molecule has 0 aliphatic rings. The molecule has 4 rings (SSSR count). The number of para-hydroxylation sites is 2. The van der Waals surface area contributed by atoms with Gasteiger partial charge in [-0.1, -0.05) is 30.3 Å². The summed E-state index contributed by atoms with van der Waals surface area (Å²) in [6.45, 7) is 0. The molecule has 2 aromatic heterocycles. The maximum absolute atomic E-state index is 12.8. The fraction of sp³-hybridized carbons (Fsp3) is 0. The average Bonchev–Trinajstić information content (AvgIpc) is 3.08. The van der Waals surface area contributed by atoms with Gasteiger partial charge in [0.2, 0.25) is 5.76 Å². The first-order valence-corrected chi connectivity index (χ1v) is 8.31. The number of benzene rings is 2.